The van der Waals surface area contributed by atoms with E-state index >= 15 is 0 Å². The van der Waals surface area contributed by atoms with E-state index < -0.39 is 0 Å². The van der Waals surface area contributed by atoms with Crippen molar-refractivity contribution < 1.29 is 13.6 Å². The second-order valence-corrected chi connectivity index (χ2v) is 9.07. The Morgan fingerprint density at radius 3 is 2.19 bits per heavy atom. The third kappa shape index (κ3) is 5.35. The van der Waals surface area contributed by atoms with E-state index in [2.05, 4.69) is 4.90 Å². The molecule has 0 bridgehead atoms. The van der Waals surface area contributed by atoms with Crippen LogP contribution in [-0.2, 0) is 12.8 Å². The Balaban J connectivity index is 1.47. The molecule has 0 saturated carbocycles. The van der Waals surface area contributed by atoms with Crippen LogP contribution in [0, 0.1) is 11.6 Å². The van der Waals surface area contributed by atoms with Crippen molar-refractivity contribution >= 4 is 11.7 Å². The highest BCUT2D eigenvalue weighted by atomic mass is 19.1. The Hall–Kier alpha value is -4.13. The molecule has 5 nitrogen and oxygen atoms in total. The number of amides is 1. The largest absolute Gasteiger partial charge is 0.353 e. The molecule has 5 rings (SSSR count). The molecule has 0 unspecified atom stereocenters. The number of carbonyl (C=O) groups excluding carboxylic acids is 1. The summed E-state index contributed by atoms with van der Waals surface area (Å²) >= 11 is 0. The van der Waals surface area contributed by atoms with Crippen LogP contribution in [0.4, 0.5) is 14.6 Å². The van der Waals surface area contributed by atoms with Crippen molar-refractivity contribution in [2.24, 2.45) is 0 Å². The van der Waals surface area contributed by atoms with E-state index in [1.807, 2.05) is 43.3 Å². The summed E-state index contributed by atoms with van der Waals surface area (Å²) < 4.78 is 27.9. The quantitative estimate of drug-likeness (QED) is 0.350. The van der Waals surface area contributed by atoms with Gasteiger partial charge in [0.25, 0.3) is 5.91 Å². The molecule has 37 heavy (non-hydrogen) atoms. The van der Waals surface area contributed by atoms with Crippen LogP contribution in [0.1, 0.15) is 34.1 Å². The molecule has 1 aliphatic rings. The van der Waals surface area contributed by atoms with E-state index in [-0.39, 0.29) is 17.5 Å². The van der Waals surface area contributed by atoms with Gasteiger partial charge < -0.3 is 9.80 Å². The number of hydrogen-bond acceptors (Lipinski definition) is 4. The van der Waals surface area contributed by atoms with Crippen molar-refractivity contribution in [2.75, 3.05) is 31.1 Å². The standard InChI is InChI=1S/C30H28F2N4O/c1-2-27-25(20-23-10-6-7-11-26(23)32)29(34-28(33-27)21-8-4-3-5-9-21)35-16-18-36(19-17-35)30(37)22-12-14-24(31)15-13-22/h3-15H,2,16-20H2,1H3. The van der Waals surface area contributed by atoms with Gasteiger partial charge in [-0.05, 0) is 42.3 Å². The summed E-state index contributed by atoms with van der Waals surface area (Å²) in [6.07, 6.45) is 1.07. The molecule has 1 aliphatic heterocycles. The average Bonchev–Trinajstić information content (AvgIpc) is 2.95. The number of aromatic nitrogens is 2. The van der Waals surface area contributed by atoms with Crippen LogP contribution in [0.25, 0.3) is 11.4 Å². The highest BCUT2D eigenvalue weighted by Gasteiger charge is 2.26. The van der Waals surface area contributed by atoms with Gasteiger partial charge in [0.2, 0.25) is 0 Å². The lowest BCUT2D eigenvalue weighted by atomic mass is 10.0. The lowest BCUT2D eigenvalue weighted by molar-refractivity contribution is 0.0746. The van der Waals surface area contributed by atoms with Crippen molar-refractivity contribution in [1.29, 1.82) is 0 Å². The first-order valence-corrected chi connectivity index (χ1v) is 12.5. The molecule has 0 radical (unpaired) electrons. The normalized spacial score (nSPS) is 13.6. The van der Waals surface area contributed by atoms with E-state index in [0.29, 0.717) is 56.0 Å². The maximum absolute atomic E-state index is 14.6. The molecule has 0 atom stereocenters. The monoisotopic (exact) mass is 498 g/mol. The average molecular weight is 499 g/mol. The van der Waals surface area contributed by atoms with Gasteiger partial charge in [0.15, 0.2) is 5.82 Å². The van der Waals surface area contributed by atoms with E-state index in [1.54, 1.807) is 17.0 Å². The van der Waals surface area contributed by atoms with Gasteiger partial charge in [0.05, 0.1) is 0 Å². The molecule has 0 spiro atoms. The van der Waals surface area contributed by atoms with Crippen molar-refractivity contribution in [1.82, 2.24) is 14.9 Å². The Kier molecular flexibility index (Phi) is 7.21. The molecule has 7 heteroatoms. The summed E-state index contributed by atoms with van der Waals surface area (Å²) in [7, 11) is 0. The molecule has 1 saturated heterocycles. The van der Waals surface area contributed by atoms with Gasteiger partial charge in [-0.3, -0.25) is 4.79 Å². The third-order valence-corrected chi connectivity index (χ3v) is 6.72. The highest BCUT2D eigenvalue weighted by molar-refractivity contribution is 5.94. The third-order valence-electron chi connectivity index (χ3n) is 6.72. The molecular weight excluding hydrogens is 470 g/mol. The van der Waals surface area contributed by atoms with Gasteiger partial charge in [-0.2, -0.15) is 0 Å². The van der Waals surface area contributed by atoms with E-state index in [0.717, 1.165) is 22.6 Å². The summed E-state index contributed by atoms with van der Waals surface area (Å²) in [5.74, 6) is 0.677. The number of anilines is 1. The minimum Gasteiger partial charge on any atom is -0.353 e. The number of benzene rings is 3. The molecule has 4 aromatic rings. The van der Waals surface area contributed by atoms with Gasteiger partial charge >= 0.3 is 0 Å². The topological polar surface area (TPSA) is 49.3 Å². The van der Waals surface area contributed by atoms with E-state index in [4.69, 9.17) is 9.97 Å². The van der Waals surface area contributed by atoms with Gasteiger partial charge in [-0.15, -0.1) is 0 Å². The number of hydrogen-bond donors (Lipinski definition) is 0. The molecule has 3 aromatic carbocycles. The molecule has 188 valence electrons. The number of carbonyl (C=O) groups is 1. The Morgan fingerprint density at radius 2 is 1.51 bits per heavy atom. The van der Waals surface area contributed by atoms with Crippen LogP contribution < -0.4 is 4.90 Å². The fourth-order valence-electron chi connectivity index (χ4n) is 4.70. The van der Waals surface area contributed by atoms with Gasteiger partial charge in [-0.1, -0.05) is 55.5 Å². The minimum absolute atomic E-state index is 0.117. The zero-order chi connectivity index (χ0) is 25.8. The maximum atomic E-state index is 14.6. The second kappa shape index (κ2) is 10.9. The summed E-state index contributed by atoms with van der Waals surface area (Å²) in [4.78, 5) is 26.8. The van der Waals surface area contributed by atoms with E-state index in [1.165, 1.54) is 30.3 Å². The molecule has 0 aliphatic carbocycles. The predicted molar refractivity (Wildman–Crippen MR) is 141 cm³/mol. The SMILES string of the molecule is CCc1nc(-c2ccccc2)nc(N2CCN(C(=O)c3ccc(F)cc3)CC2)c1Cc1ccccc1F. The first-order valence-electron chi connectivity index (χ1n) is 12.5. The minimum atomic E-state index is -0.367. The lowest BCUT2D eigenvalue weighted by Crippen LogP contribution is -2.49. The van der Waals surface area contributed by atoms with Crippen LogP contribution in [0.15, 0.2) is 78.9 Å². The summed E-state index contributed by atoms with van der Waals surface area (Å²) in [5.41, 5.74) is 3.78. The van der Waals surface area contributed by atoms with Crippen LogP contribution in [0.5, 0.6) is 0 Å². The zero-order valence-corrected chi connectivity index (χ0v) is 20.7. The molecule has 1 aromatic heterocycles. The molecule has 0 N–H and O–H groups in total. The highest BCUT2D eigenvalue weighted by Crippen LogP contribution is 2.29. The van der Waals surface area contributed by atoms with Crippen molar-refractivity contribution in [3.05, 3.63) is 113 Å². The number of aryl methyl sites for hydroxylation is 1. The van der Waals surface area contributed by atoms with Crippen molar-refractivity contribution in [2.45, 2.75) is 19.8 Å². The lowest BCUT2D eigenvalue weighted by Gasteiger charge is -2.36. The maximum Gasteiger partial charge on any atom is 0.253 e. The molecule has 2 heterocycles. The van der Waals surface area contributed by atoms with Crippen LogP contribution in [-0.4, -0.2) is 47.0 Å². The zero-order valence-electron chi connectivity index (χ0n) is 20.7. The number of piperazine rings is 1. The second-order valence-electron chi connectivity index (χ2n) is 9.07. The van der Waals surface area contributed by atoms with Crippen LogP contribution in [0.2, 0.25) is 0 Å². The predicted octanol–water partition coefficient (Wildman–Crippen LogP) is 5.54. The number of nitrogens with zero attached hydrogens (tertiary/aromatic N) is 4. The smallest absolute Gasteiger partial charge is 0.253 e. The Morgan fingerprint density at radius 1 is 0.838 bits per heavy atom. The van der Waals surface area contributed by atoms with Gasteiger partial charge in [-0.25, -0.2) is 18.7 Å². The summed E-state index contributed by atoms with van der Waals surface area (Å²) in [6, 6.07) is 22.2. The Bertz CT molecular complexity index is 1380. The van der Waals surface area contributed by atoms with Crippen LogP contribution >= 0.6 is 0 Å². The molecule has 1 amide bonds. The molecular formula is C30H28F2N4O. The van der Waals surface area contributed by atoms with E-state index in [9.17, 15) is 13.6 Å². The Labute approximate surface area is 215 Å². The first kappa shape index (κ1) is 24.6. The summed E-state index contributed by atoms with van der Waals surface area (Å²) in [5, 5.41) is 0. The fourth-order valence-corrected chi connectivity index (χ4v) is 4.70. The number of halogens is 2. The first-order chi connectivity index (χ1) is 18.0. The fraction of sp³-hybridized carbons (Fsp3) is 0.233. The van der Waals surface area contributed by atoms with Gasteiger partial charge in [0.1, 0.15) is 17.5 Å². The van der Waals surface area contributed by atoms with Crippen LogP contribution in [0.3, 0.4) is 0 Å². The summed E-state index contributed by atoms with van der Waals surface area (Å²) in [6.45, 7) is 4.20. The van der Waals surface area contributed by atoms with Gasteiger partial charge in [0, 0.05) is 55.0 Å². The van der Waals surface area contributed by atoms with Crippen molar-refractivity contribution in [3.8, 4) is 11.4 Å². The molecule has 1 fully saturated rings. The van der Waals surface area contributed by atoms with Crippen molar-refractivity contribution in [3.63, 3.8) is 0 Å². The number of rotatable bonds is 6.